The third-order valence-corrected chi connectivity index (χ3v) is 15.5. The van der Waals surface area contributed by atoms with Crippen LogP contribution < -0.4 is 30.2 Å². The Morgan fingerprint density at radius 2 is 1.44 bits per heavy atom. The highest BCUT2D eigenvalue weighted by Gasteiger charge is 2.53. The van der Waals surface area contributed by atoms with Gasteiger partial charge in [-0.1, -0.05) is 170 Å². The molecule has 13 rings (SSSR count). The molecule has 5 aromatic rings. The Morgan fingerprint density at radius 1 is 0.632 bits per heavy atom. The minimum absolute atomic E-state index is 0.00146. The maximum atomic E-state index is 7.22. The van der Waals surface area contributed by atoms with E-state index in [1.54, 1.807) is 0 Å². The van der Waals surface area contributed by atoms with Gasteiger partial charge in [0.2, 0.25) is 0 Å². The first-order chi connectivity index (χ1) is 33.6. The van der Waals surface area contributed by atoms with E-state index in [0.717, 1.165) is 78.4 Å². The topological polar surface area (TPSA) is 24.9 Å². The Balaban J connectivity index is 0.981. The standard InChI is InChI=1S/C63H53BN2O2/c1-63-40-17-16-29-53(63)61-58(42-59(63)66(48-25-12-5-13-26-48)50-38-34-46(35-39-50)44-21-8-3-9-22-44)68-56-31-18-30-55-62(56)64(61)60-52-28-15-14-27-51(52)54(41-57(60)67-55)65(47-23-10-4-11-24-47)49-36-32-45(33-37-49)43-19-6-2-7-20-43/h2-3,5-6,8-10,12-19,21-25,27-32,34-42,45,48,53H,4,7,11,20,26,33H2,1H3. The molecule has 0 saturated heterocycles. The molecule has 6 aliphatic carbocycles. The minimum atomic E-state index is -0.400. The van der Waals surface area contributed by atoms with Crippen molar-refractivity contribution in [1.29, 1.82) is 0 Å². The Hall–Kier alpha value is -7.50. The summed E-state index contributed by atoms with van der Waals surface area (Å²) in [6, 6.07) is 37.6. The summed E-state index contributed by atoms with van der Waals surface area (Å²) >= 11 is 0. The minimum Gasteiger partial charge on any atom is -0.459 e. The SMILES string of the molecule is CC12C=CC=CC1C1=C(C=C2N(c2ccc(-c3ccccc3)cc2)C2C=CC=CC2)Oc2cccc3c2B1c1c(cc(N(C2=CCCC=C2)C2=CCC(C4=CC=CCC4)C=C2)c2ccccc12)O3. The van der Waals surface area contributed by atoms with Crippen LogP contribution in [-0.4, -0.2) is 12.8 Å². The normalized spacial score (nSPS) is 23.6. The fraction of sp³-hybridized carbons (Fsp3) is 0.175. The number of rotatable bonds is 8. The third kappa shape index (κ3) is 6.73. The first kappa shape index (κ1) is 40.8. The van der Waals surface area contributed by atoms with Crippen molar-refractivity contribution in [3.8, 4) is 28.4 Å². The van der Waals surface area contributed by atoms with Crippen LogP contribution in [-0.2, 0) is 0 Å². The maximum absolute atomic E-state index is 7.22. The molecule has 0 N–H and O–H groups in total. The number of allylic oxidation sites excluding steroid dienone is 18. The molecule has 5 heteroatoms. The van der Waals surface area contributed by atoms with Crippen LogP contribution in [0.5, 0.6) is 17.2 Å². The lowest BCUT2D eigenvalue weighted by molar-refractivity contribution is 0.353. The number of hydrogen-bond donors (Lipinski definition) is 0. The predicted octanol–water partition coefficient (Wildman–Crippen LogP) is 14.2. The Labute approximate surface area is 400 Å². The summed E-state index contributed by atoms with van der Waals surface area (Å²) in [6.07, 6.45) is 48.0. The fourth-order valence-electron chi connectivity index (χ4n) is 12.1. The Morgan fingerprint density at radius 3 is 2.22 bits per heavy atom. The predicted molar refractivity (Wildman–Crippen MR) is 283 cm³/mol. The highest BCUT2D eigenvalue weighted by atomic mass is 16.5. The Kier molecular flexibility index (Phi) is 10.00. The number of ether oxygens (including phenoxy) is 2. The first-order valence-electron chi connectivity index (χ1n) is 24.7. The van der Waals surface area contributed by atoms with Crippen LogP contribution in [0.2, 0.25) is 0 Å². The van der Waals surface area contributed by atoms with Gasteiger partial charge in [-0.15, -0.1) is 0 Å². The zero-order chi connectivity index (χ0) is 45.2. The van der Waals surface area contributed by atoms with Crippen LogP contribution in [0.15, 0.2) is 246 Å². The molecule has 2 heterocycles. The lowest BCUT2D eigenvalue weighted by atomic mass is 9.30. The number of anilines is 2. The lowest BCUT2D eigenvalue weighted by Crippen LogP contribution is -2.56. The van der Waals surface area contributed by atoms with Gasteiger partial charge in [-0.2, -0.15) is 0 Å². The van der Waals surface area contributed by atoms with Gasteiger partial charge in [0.25, 0.3) is 6.71 Å². The molecule has 4 atom stereocenters. The summed E-state index contributed by atoms with van der Waals surface area (Å²) in [4.78, 5) is 5.06. The van der Waals surface area contributed by atoms with Crippen molar-refractivity contribution < 1.29 is 9.47 Å². The molecule has 4 unspecified atom stereocenters. The van der Waals surface area contributed by atoms with Crippen molar-refractivity contribution in [2.75, 3.05) is 9.80 Å². The molecule has 8 aliphatic rings. The van der Waals surface area contributed by atoms with E-state index >= 15 is 0 Å². The number of nitrogens with zero attached hydrogens (tertiary/aromatic N) is 2. The molecular weight excluding hydrogens is 828 g/mol. The fourth-order valence-corrected chi connectivity index (χ4v) is 12.1. The molecule has 0 saturated carbocycles. The molecule has 0 fully saturated rings. The van der Waals surface area contributed by atoms with E-state index in [0.29, 0.717) is 5.92 Å². The monoisotopic (exact) mass is 880 g/mol. The van der Waals surface area contributed by atoms with Crippen molar-refractivity contribution in [1.82, 2.24) is 0 Å². The zero-order valence-electron chi connectivity index (χ0n) is 38.5. The average Bonchev–Trinajstić information content (AvgIpc) is 3.40. The quantitative estimate of drug-likeness (QED) is 0.145. The van der Waals surface area contributed by atoms with Gasteiger partial charge in [-0.05, 0) is 109 Å². The van der Waals surface area contributed by atoms with Crippen molar-refractivity contribution in [3.63, 3.8) is 0 Å². The van der Waals surface area contributed by atoms with Gasteiger partial charge in [0.15, 0.2) is 0 Å². The van der Waals surface area contributed by atoms with E-state index in [9.17, 15) is 0 Å². The van der Waals surface area contributed by atoms with Crippen molar-refractivity contribution >= 4 is 39.8 Å². The van der Waals surface area contributed by atoms with Crippen molar-refractivity contribution in [2.24, 2.45) is 17.3 Å². The van der Waals surface area contributed by atoms with Gasteiger partial charge in [0.05, 0.1) is 11.7 Å². The van der Waals surface area contributed by atoms with Crippen LogP contribution in [0.3, 0.4) is 0 Å². The average molecular weight is 881 g/mol. The summed E-state index contributed by atoms with van der Waals surface area (Å²) in [6.45, 7) is 2.33. The molecule has 0 amide bonds. The molecule has 4 nitrogen and oxygen atoms in total. The second-order valence-corrected chi connectivity index (χ2v) is 19.4. The van der Waals surface area contributed by atoms with E-state index in [1.807, 2.05) is 0 Å². The van der Waals surface area contributed by atoms with E-state index < -0.39 is 5.41 Å². The first-order valence-corrected chi connectivity index (χ1v) is 24.7. The summed E-state index contributed by atoms with van der Waals surface area (Å²) in [5.41, 5.74) is 13.1. The highest BCUT2D eigenvalue weighted by molar-refractivity contribution is 6.95. The van der Waals surface area contributed by atoms with E-state index in [4.69, 9.17) is 9.47 Å². The highest BCUT2D eigenvalue weighted by Crippen LogP contribution is 2.55. The van der Waals surface area contributed by atoms with Crippen LogP contribution >= 0.6 is 0 Å². The molecule has 0 spiro atoms. The molecule has 0 aromatic heterocycles. The van der Waals surface area contributed by atoms with E-state index in [1.165, 1.54) is 55.5 Å². The number of benzene rings is 5. The maximum Gasteiger partial charge on any atom is 0.257 e. The van der Waals surface area contributed by atoms with Crippen LogP contribution in [0, 0.1) is 17.3 Å². The van der Waals surface area contributed by atoms with Crippen molar-refractivity contribution in [3.05, 3.63) is 246 Å². The molecule has 5 aromatic carbocycles. The van der Waals surface area contributed by atoms with Crippen LogP contribution in [0.4, 0.5) is 11.4 Å². The van der Waals surface area contributed by atoms with Gasteiger partial charge < -0.3 is 19.3 Å². The molecule has 68 heavy (non-hydrogen) atoms. The Bertz CT molecular complexity index is 3280. The largest absolute Gasteiger partial charge is 0.459 e. The number of hydrogen-bond acceptors (Lipinski definition) is 4. The van der Waals surface area contributed by atoms with Gasteiger partial charge in [0, 0.05) is 63.0 Å². The summed E-state index contributed by atoms with van der Waals surface area (Å²) in [7, 11) is 0. The van der Waals surface area contributed by atoms with Gasteiger partial charge in [-0.3, -0.25) is 0 Å². The van der Waals surface area contributed by atoms with E-state index in [-0.39, 0.29) is 18.7 Å². The van der Waals surface area contributed by atoms with Gasteiger partial charge >= 0.3 is 0 Å². The number of fused-ring (bicyclic) bond motifs is 7. The van der Waals surface area contributed by atoms with Crippen LogP contribution in [0.1, 0.15) is 45.4 Å². The van der Waals surface area contributed by atoms with Gasteiger partial charge in [0.1, 0.15) is 23.0 Å². The third-order valence-electron chi connectivity index (χ3n) is 15.5. The smallest absolute Gasteiger partial charge is 0.257 e. The van der Waals surface area contributed by atoms with Crippen molar-refractivity contribution in [2.45, 2.75) is 51.5 Å². The zero-order valence-corrected chi connectivity index (χ0v) is 38.5. The molecule has 0 radical (unpaired) electrons. The summed E-state index contributed by atoms with van der Waals surface area (Å²) in [5.74, 6) is 3.96. The lowest BCUT2D eigenvalue weighted by Gasteiger charge is -2.51. The second kappa shape index (κ2) is 16.7. The summed E-state index contributed by atoms with van der Waals surface area (Å²) < 4.78 is 14.4. The molecule has 330 valence electrons. The molecule has 0 bridgehead atoms. The van der Waals surface area contributed by atoms with Crippen LogP contribution in [0.25, 0.3) is 21.9 Å². The second-order valence-electron chi connectivity index (χ2n) is 19.4. The van der Waals surface area contributed by atoms with E-state index in [2.05, 4.69) is 229 Å². The molecular formula is C63H53BN2O2. The van der Waals surface area contributed by atoms with Gasteiger partial charge in [-0.25, -0.2) is 0 Å². The molecule has 2 aliphatic heterocycles. The summed E-state index contributed by atoms with van der Waals surface area (Å²) in [5, 5.41) is 2.41.